The molecule has 1 unspecified atom stereocenters. The van der Waals surface area contributed by atoms with Crippen molar-refractivity contribution in [3.05, 3.63) is 23.4 Å². The van der Waals surface area contributed by atoms with Gasteiger partial charge in [0.05, 0.1) is 5.56 Å². The largest absolute Gasteiger partial charge is 0.356 e. The fraction of sp³-hybridized carbons (Fsp3) is 0.538. The number of hydrogen-bond acceptors (Lipinski definition) is 3. The topological polar surface area (TPSA) is 39.9 Å². The molecule has 3 nitrogen and oxygen atoms in total. The fourth-order valence-corrected chi connectivity index (χ4v) is 1.59. The van der Waals surface area contributed by atoms with E-state index in [2.05, 4.69) is 36.7 Å². The second-order valence-corrected chi connectivity index (χ2v) is 4.53. The zero-order valence-electron chi connectivity index (χ0n) is 10.7. The number of pyridine rings is 1. The third-order valence-electron chi connectivity index (χ3n) is 3.16. The number of anilines is 1. The fourth-order valence-electron chi connectivity index (χ4n) is 1.59. The summed E-state index contributed by atoms with van der Waals surface area (Å²) in [6.07, 6.45) is 1.76. The van der Waals surface area contributed by atoms with Crippen LogP contribution in [0.4, 0.5) is 5.82 Å². The van der Waals surface area contributed by atoms with Gasteiger partial charge in [0.1, 0.15) is 11.9 Å². The third kappa shape index (κ3) is 2.33. The van der Waals surface area contributed by atoms with Gasteiger partial charge in [0.15, 0.2) is 0 Å². The van der Waals surface area contributed by atoms with Gasteiger partial charge in [0, 0.05) is 19.3 Å². The van der Waals surface area contributed by atoms with Crippen LogP contribution in [0.5, 0.6) is 0 Å². The highest BCUT2D eigenvalue weighted by atomic mass is 15.2. The molecule has 1 aromatic rings. The zero-order chi connectivity index (χ0) is 12.3. The summed E-state index contributed by atoms with van der Waals surface area (Å²) in [7, 11) is 1.99. The molecule has 3 heteroatoms. The molecule has 0 bridgehead atoms. The van der Waals surface area contributed by atoms with E-state index in [1.165, 1.54) is 0 Å². The number of aryl methyl sites for hydroxylation is 1. The molecular formula is C13H19N3. The quantitative estimate of drug-likeness (QED) is 0.781. The SMILES string of the molecule is Cc1ccnc(N(C)C(C)C(C)C)c1C#N. The van der Waals surface area contributed by atoms with E-state index in [-0.39, 0.29) is 0 Å². The van der Waals surface area contributed by atoms with Crippen LogP contribution in [0.25, 0.3) is 0 Å². The lowest BCUT2D eigenvalue weighted by atomic mass is 10.0. The van der Waals surface area contributed by atoms with Crippen molar-refractivity contribution in [1.29, 1.82) is 5.26 Å². The first-order chi connectivity index (χ1) is 7.49. The average molecular weight is 217 g/mol. The standard InChI is InChI=1S/C13H19N3/c1-9(2)11(4)16(5)13-12(8-14)10(3)6-7-15-13/h6-7,9,11H,1-5H3. The summed E-state index contributed by atoms with van der Waals surface area (Å²) >= 11 is 0. The molecule has 0 aliphatic rings. The molecule has 0 spiro atoms. The number of rotatable bonds is 3. The molecule has 86 valence electrons. The molecule has 0 saturated carbocycles. The average Bonchev–Trinajstić information content (AvgIpc) is 2.26. The van der Waals surface area contributed by atoms with Crippen LogP contribution >= 0.6 is 0 Å². The van der Waals surface area contributed by atoms with Crippen LogP contribution < -0.4 is 4.90 Å². The summed E-state index contributed by atoms with van der Waals surface area (Å²) < 4.78 is 0. The summed E-state index contributed by atoms with van der Waals surface area (Å²) in [5.74, 6) is 1.31. The Balaban J connectivity index is 3.14. The maximum Gasteiger partial charge on any atom is 0.146 e. The van der Waals surface area contributed by atoms with Gasteiger partial charge in [-0.15, -0.1) is 0 Å². The highest BCUT2D eigenvalue weighted by Crippen LogP contribution is 2.22. The van der Waals surface area contributed by atoms with Gasteiger partial charge in [-0.25, -0.2) is 4.98 Å². The third-order valence-corrected chi connectivity index (χ3v) is 3.16. The molecule has 0 aliphatic heterocycles. The van der Waals surface area contributed by atoms with E-state index < -0.39 is 0 Å². The minimum Gasteiger partial charge on any atom is -0.356 e. The number of nitrogens with zero attached hydrogens (tertiary/aromatic N) is 3. The molecular weight excluding hydrogens is 198 g/mol. The second kappa shape index (κ2) is 4.98. The number of hydrogen-bond donors (Lipinski definition) is 0. The van der Waals surface area contributed by atoms with Crippen LogP contribution in [0.3, 0.4) is 0 Å². The van der Waals surface area contributed by atoms with E-state index in [0.717, 1.165) is 11.4 Å². The van der Waals surface area contributed by atoms with Crippen LogP contribution in [0.1, 0.15) is 31.9 Å². The summed E-state index contributed by atoms with van der Waals surface area (Å²) in [6, 6.07) is 4.47. The van der Waals surface area contributed by atoms with Crippen molar-refractivity contribution < 1.29 is 0 Å². The normalized spacial score (nSPS) is 12.3. The predicted molar refractivity (Wildman–Crippen MR) is 66.4 cm³/mol. The van der Waals surface area contributed by atoms with Gasteiger partial charge in [-0.2, -0.15) is 5.26 Å². The van der Waals surface area contributed by atoms with Crippen molar-refractivity contribution in [1.82, 2.24) is 4.98 Å². The van der Waals surface area contributed by atoms with Crippen LogP contribution in [-0.4, -0.2) is 18.1 Å². The number of aromatic nitrogens is 1. The lowest BCUT2D eigenvalue weighted by molar-refractivity contribution is 0.502. The van der Waals surface area contributed by atoms with Crippen LogP contribution in [0, 0.1) is 24.2 Å². The molecule has 0 amide bonds. The Bertz CT molecular complexity index is 404. The van der Waals surface area contributed by atoms with Gasteiger partial charge in [-0.1, -0.05) is 13.8 Å². The molecule has 1 atom stereocenters. The van der Waals surface area contributed by atoms with E-state index in [0.29, 0.717) is 17.5 Å². The highest BCUT2D eigenvalue weighted by molar-refractivity contribution is 5.57. The van der Waals surface area contributed by atoms with Gasteiger partial charge in [-0.05, 0) is 31.4 Å². The minimum atomic E-state index is 0.362. The van der Waals surface area contributed by atoms with Gasteiger partial charge in [0.2, 0.25) is 0 Å². The Kier molecular flexibility index (Phi) is 3.89. The van der Waals surface area contributed by atoms with E-state index in [9.17, 15) is 0 Å². The van der Waals surface area contributed by atoms with Crippen molar-refractivity contribution in [2.24, 2.45) is 5.92 Å². The molecule has 0 aromatic carbocycles. The summed E-state index contributed by atoms with van der Waals surface area (Å²) in [5, 5.41) is 9.15. The first kappa shape index (κ1) is 12.5. The molecule has 1 aromatic heterocycles. The first-order valence-corrected chi connectivity index (χ1v) is 5.57. The monoisotopic (exact) mass is 217 g/mol. The van der Waals surface area contributed by atoms with Crippen molar-refractivity contribution >= 4 is 5.82 Å². The van der Waals surface area contributed by atoms with E-state index in [1.54, 1.807) is 6.20 Å². The van der Waals surface area contributed by atoms with Crippen LogP contribution in [0.15, 0.2) is 12.3 Å². The van der Waals surface area contributed by atoms with Gasteiger partial charge < -0.3 is 4.90 Å². The first-order valence-electron chi connectivity index (χ1n) is 5.57. The van der Waals surface area contributed by atoms with E-state index >= 15 is 0 Å². The van der Waals surface area contributed by atoms with Crippen LogP contribution in [0.2, 0.25) is 0 Å². The lowest BCUT2D eigenvalue weighted by Crippen LogP contribution is -2.34. The molecule has 0 N–H and O–H groups in total. The Morgan fingerprint density at radius 2 is 2.00 bits per heavy atom. The van der Waals surface area contributed by atoms with Crippen molar-refractivity contribution in [2.45, 2.75) is 33.7 Å². The predicted octanol–water partition coefficient (Wildman–Crippen LogP) is 2.74. The van der Waals surface area contributed by atoms with E-state index in [4.69, 9.17) is 5.26 Å². The minimum absolute atomic E-state index is 0.362. The van der Waals surface area contributed by atoms with Gasteiger partial charge in [0.25, 0.3) is 0 Å². The molecule has 0 fully saturated rings. The smallest absolute Gasteiger partial charge is 0.146 e. The Labute approximate surface area is 97.7 Å². The summed E-state index contributed by atoms with van der Waals surface area (Å²) in [6.45, 7) is 8.43. The van der Waals surface area contributed by atoms with Crippen molar-refractivity contribution in [2.75, 3.05) is 11.9 Å². The Morgan fingerprint density at radius 3 is 2.50 bits per heavy atom. The van der Waals surface area contributed by atoms with Crippen molar-refractivity contribution in [3.8, 4) is 6.07 Å². The van der Waals surface area contributed by atoms with Crippen molar-refractivity contribution in [3.63, 3.8) is 0 Å². The molecule has 0 saturated heterocycles. The zero-order valence-corrected chi connectivity index (χ0v) is 10.7. The number of nitriles is 1. The molecule has 16 heavy (non-hydrogen) atoms. The summed E-state index contributed by atoms with van der Waals surface area (Å²) in [4.78, 5) is 6.40. The maximum atomic E-state index is 9.15. The summed E-state index contributed by atoms with van der Waals surface area (Å²) in [5.41, 5.74) is 1.66. The lowest BCUT2D eigenvalue weighted by Gasteiger charge is -2.29. The molecule has 1 heterocycles. The molecule has 0 radical (unpaired) electrons. The van der Waals surface area contributed by atoms with Crippen LogP contribution in [-0.2, 0) is 0 Å². The highest BCUT2D eigenvalue weighted by Gasteiger charge is 2.18. The molecule has 1 rings (SSSR count). The van der Waals surface area contributed by atoms with Gasteiger partial charge >= 0.3 is 0 Å². The Morgan fingerprint density at radius 1 is 1.38 bits per heavy atom. The maximum absolute atomic E-state index is 9.15. The molecule has 0 aliphatic carbocycles. The van der Waals surface area contributed by atoms with Gasteiger partial charge in [-0.3, -0.25) is 0 Å². The Hall–Kier alpha value is -1.56. The second-order valence-electron chi connectivity index (χ2n) is 4.53. The van der Waals surface area contributed by atoms with E-state index in [1.807, 2.05) is 20.0 Å².